The smallest absolute Gasteiger partial charge is 0.184 e. The Hall–Kier alpha value is -0.620. The molecule has 0 aromatic rings. The minimum atomic E-state index is -2.43. The van der Waals surface area contributed by atoms with E-state index in [1.54, 1.807) is 0 Å². The van der Waals surface area contributed by atoms with Gasteiger partial charge in [-0.2, -0.15) is 16.8 Å². The summed E-state index contributed by atoms with van der Waals surface area (Å²) in [6, 6.07) is 0. The van der Waals surface area contributed by atoms with Crippen molar-refractivity contribution in [3.63, 3.8) is 0 Å². The maximum absolute atomic E-state index is 11.2. The van der Waals surface area contributed by atoms with Gasteiger partial charge in [-0.3, -0.25) is 0 Å². The van der Waals surface area contributed by atoms with Crippen LogP contribution >= 0.6 is 0 Å². The van der Waals surface area contributed by atoms with Crippen LogP contribution in [0.15, 0.2) is 0 Å². The fourth-order valence-electron chi connectivity index (χ4n) is 1.88. The Balaban J connectivity index is 4.85. The maximum atomic E-state index is 11.2. The molecule has 0 aromatic heterocycles. The lowest BCUT2D eigenvalue weighted by atomic mass is 10.1. The molecule has 0 rings (SSSR count). The summed E-state index contributed by atoms with van der Waals surface area (Å²) in [6.45, 7) is 4.10. The molecule has 0 saturated heterocycles. The van der Waals surface area contributed by atoms with Crippen molar-refractivity contribution in [2.24, 2.45) is 0 Å². The van der Waals surface area contributed by atoms with Crippen molar-refractivity contribution in [2.75, 3.05) is 0 Å². The van der Waals surface area contributed by atoms with Crippen molar-refractivity contribution in [1.82, 2.24) is 0 Å². The van der Waals surface area contributed by atoms with E-state index in [1.807, 2.05) is 6.92 Å². The summed E-state index contributed by atoms with van der Waals surface area (Å²) in [5.74, 6) is 0. The highest BCUT2D eigenvalue weighted by Crippen LogP contribution is 2.08. The van der Waals surface area contributed by atoms with E-state index in [4.69, 9.17) is 0 Å². The Bertz CT molecular complexity index is 497. The topological polar surface area (TPSA) is 68.3 Å². The van der Waals surface area contributed by atoms with Gasteiger partial charge in [0.2, 0.25) is 20.6 Å². The quantitative estimate of drug-likeness (QED) is 0.459. The van der Waals surface area contributed by atoms with E-state index >= 15 is 0 Å². The lowest BCUT2D eigenvalue weighted by Crippen LogP contribution is -2.16. The first kappa shape index (κ1) is 18.4. The Morgan fingerprint density at radius 1 is 0.632 bits per heavy atom. The zero-order chi connectivity index (χ0) is 14.7. The van der Waals surface area contributed by atoms with E-state index in [0.29, 0.717) is 12.8 Å². The Kier molecular flexibility index (Phi) is 10.9. The summed E-state index contributed by atoms with van der Waals surface area (Å²) < 4.78 is 44.8. The number of hydrogen-bond acceptors (Lipinski definition) is 4. The normalized spacial score (nSPS) is 10.2. The lowest BCUT2D eigenvalue weighted by molar-refractivity contribution is 0.623. The molecule has 0 spiro atoms. The third kappa shape index (κ3) is 8.21. The predicted molar refractivity (Wildman–Crippen MR) is 80.8 cm³/mol. The standard InChI is InChI=1S/C13H24O4S2/c1-3-5-7-9-11-13(19(16)17)12(18(14)15)10-8-6-4-2/h3-11H2,1-2H3. The summed E-state index contributed by atoms with van der Waals surface area (Å²) in [6.07, 6.45) is 7.06. The molecule has 0 amide bonds. The molecule has 0 bridgehead atoms. The highest BCUT2D eigenvalue weighted by atomic mass is 32.2. The molecule has 0 atom stereocenters. The SMILES string of the molecule is CCCCCCC(C(CCCCC)=S(=O)=O)=S(=O)=O. The van der Waals surface area contributed by atoms with Gasteiger partial charge in [0.05, 0.1) is 9.73 Å². The molecule has 19 heavy (non-hydrogen) atoms. The molecule has 0 heterocycles. The van der Waals surface area contributed by atoms with Crippen molar-refractivity contribution >= 4 is 30.3 Å². The van der Waals surface area contributed by atoms with Gasteiger partial charge in [0.15, 0.2) is 0 Å². The molecule has 0 aromatic carbocycles. The van der Waals surface area contributed by atoms with Crippen LogP contribution in [0.4, 0.5) is 0 Å². The van der Waals surface area contributed by atoms with Gasteiger partial charge in [0.25, 0.3) is 0 Å². The minimum absolute atomic E-state index is 0.0817. The molecule has 0 aliphatic heterocycles. The molecule has 0 aliphatic carbocycles. The number of unbranched alkanes of at least 4 members (excludes halogenated alkanes) is 5. The van der Waals surface area contributed by atoms with Crippen molar-refractivity contribution in [3.8, 4) is 0 Å². The first-order valence-corrected chi connectivity index (χ1v) is 9.10. The average Bonchev–Trinajstić information content (AvgIpc) is 2.35. The molecule has 112 valence electrons. The third-order valence-electron chi connectivity index (χ3n) is 2.98. The van der Waals surface area contributed by atoms with E-state index in [1.165, 1.54) is 0 Å². The molecule has 0 unspecified atom stereocenters. The minimum Gasteiger partial charge on any atom is -0.184 e. The molecular formula is C13H24O4S2. The van der Waals surface area contributed by atoms with Crippen molar-refractivity contribution in [1.29, 1.82) is 0 Å². The van der Waals surface area contributed by atoms with Crippen LogP contribution in [-0.2, 0) is 20.6 Å². The summed E-state index contributed by atoms with van der Waals surface area (Å²) in [7, 11) is -4.86. The van der Waals surface area contributed by atoms with Gasteiger partial charge in [-0.25, -0.2) is 0 Å². The average molecular weight is 308 g/mol. The lowest BCUT2D eigenvalue weighted by Gasteiger charge is -2.04. The predicted octanol–water partition coefficient (Wildman–Crippen LogP) is 2.64. The summed E-state index contributed by atoms with van der Waals surface area (Å²) in [5.41, 5.74) is 0. The van der Waals surface area contributed by atoms with E-state index in [2.05, 4.69) is 6.92 Å². The van der Waals surface area contributed by atoms with Crippen molar-refractivity contribution < 1.29 is 16.8 Å². The van der Waals surface area contributed by atoms with Gasteiger partial charge in [0.1, 0.15) is 0 Å². The first-order valence-electron chi connectivity index (χ1n) is 6.95. The van der Waals surface area contributed by atoms with Crippen LogP contribution in [0.5, 0.6) is 0 Å². The second-order valence-corrected chi connectivity index (χ2v) is 6.51. The van der Waals surface area contributed by atoms with Gasteiger partial charge in [-0.1, -0.05) is 46.0 Å². The first-order chi connectivity index (χ1) is 9.04. The Labute approximate surface area is 119 Å². The summed E-state index contributed by atoms with van der Waals surface area (Å²) in [4.78, 5) is 0.166. The molecule has 0 fully saturated rings. The second kappa shape index (κ2) is 11.2. The summed E-state index contributed by atoms with van der Waals surface area (Å²) >= 11 is 0. The fraction of sp³-hybridized carbons (Fsp3) is 0.846. The highest BCUT2D eigenvalue weighted by Gasteiger charge is 2.12. The molecule has 0 aliphatic rings. The van der Waals surface area contributed by atoms with Crippen LogP contribution in [0, 0.1) is 0 Å². The van der Waals surface area contributed by atoms with E-state index < -0.39 is 20.6 Å². The molecule has 6 heteroatoms. The van der Waals surface area contributed by atoms with Crippen molar-refractivity contribution in [3.05, 3.63) is 0 Å². The molecule has 4 nitrogen and oxygen atoms in total. The number of rotatable bonds is 10. The zero-order valence-electron chi connectivity index (χ0n) is 11.8. The molecule has 0 N–H and O–H groups in total. The van der Waals surface area contributed by atoms with Crippen LogP contribution in [-0.4, -0.2) is 26.6 Å². The van der Waals surface area contributed by atoms with E-state index in [0.717, 1.165) is 44.9 Å². The van der Waals surface area contributed by atoms with Gasteiger partial charge < -0.3 is 0 Å². The van der Waals surface area contributed by atoms with Crippen LogP contribution < -0.4 is 0 Å². The van der Waals surface area contributed by atoms with Gasteiger partial charge in [0, 0.05) is 0 Å². The maximum Gasteiger partial charge on any atom is 0.218 e. The third-order valence-corrected chi connectivity index (χ3v) is 4.81. The van der Waals surface area contributed by atoms with Crippen molar-refractivity contribution in [2.45, 2.75) is 71.6 Å². The second-order valence-electron chi connectivity index (χ2n) is 4.58. The monoisotopic (exact) mass is 308 g/mol. The van der Waals surface area contributed by atoms with E-state index in [-0.39, 0.29) is 9.73 Å². The summed E-state index contributed by atoms with van der Waals surface area (Å²) in [5, 5.41) is 0. The number of hydrogen-bond donors (Lipinski definition) is 0. The largest absolute Gasteiger partial charge is 0.218 e. The van der Waals surface area contributed by atoms with Crippen LogP contribution in [0.25, 0.3) is 0 Å². The Morgan fingerprint density at radius 2 is 1.00 bits per heavy atom. The van der Waals surface area contributed by atoms with Crippen LogP contribution in [0.3, 0.4) is 0 Å². The van der Waals surface area contributed by atoms with Gasteiger partial charge in [-0.05, 0) is 25.7 Å². The molecule has 0 saturated carbocycles. The van der Waals surface area contributed by atoms with Gasteiger partial charge in [-0.15, -0.1) is 0 Å². The highest BCUT2D eigenvalue weighted by molar-refractivity contribution is 7.82. The fourth-order valence-corrected chi connectivity index (χ4v) is 3.49. The van der Waals surface area contributed by atoms with Crippen LogP contribution in [0.2, 0.25) is 0 Å². The van der Waals surface area contributed by atoms with Crippen LogP contribution in [0.1, 0.15) is 71.6 Å². The zero-order valence-corrected chi connectivity index (χ0v) is 13.4. The van der Waals surface area contributed by atoms with Gasteiger partial charge >= 0.3 is 0 Å². The van der Waals surface area contributed by atoms with E-state index in [9.17, 15) is 16.8 Å². The molecule has 0 radical (unpaired) electrons. The molecular weight excluding hydrogens is 284 g/mol. The Morgan fingerprint density at radius 3 is 1.37 bits per heavy atom.